The Bertz CT molecular complexity index is 1040. The molecule has 0 saturated carbocycles. The predicted molar refractivity (Wildman–Crippen MR) is 110 cm³/mol. The highest BCUT2D eigenvalue weighted by molar-refractivity contribution is 8.02. The van der Waals surface area contributed by atoms with E-state index in [-0.39, 0.29) is 16.5 Å². The van der Waals surface area contributed by atoms with E-state index in [2.05, 4.69) is 20.8 Å². The highest BCUT2D eigenvalue weighted by atomic mass is 35.5. The Kier molecular flexibility index (Phi) is 6.84. The van der Waals surface area contributed by atoms with E-state index in [1.165, 1.54) is 37.3 Å². The van der Waals surface area contributed by atoms with Gasteiger partial charge < -0.3 is 10.6 Å². The zero-order valence-corrected chi connectivity index (χ0v) is 17.5. The number of nitrogens with zero attached hydrogens (tertiary/aromatic N) is 2. The Morgan fingerprint density at radius 2 is 1.87 bits per heavy atom. The molecule has 30 heavy (non-hydrogen) atoms. The number of hydrogen-bond acceptors (Lipinski definition) is 6. The third-order valence-corrected chi connectivity index (χ3v) is 5.95. The third kappa shape index (κ3) is 5.83. The zero-order valence-electron chi connectivity index (χ0n) is 15.1. The van der Waals surface area contributed by atoms with Crippen molar-refractivity contribution in [3.8, 4) is 0 Å². The van der Waals surface area contributed by atoms with Gasteiger partial charge in [0.05, 0.1) is 16.5 Å². The van der Waals surface area contributed by atoms with E-state index < -0.39 is 22.9 Å². The summed E-state index contributed by atoms with van der Waals surface area (Å²) < 4.78 is 52.9. The standard InChI is InChI=1S/C18H13ClF4N4OS2/c1-9(15(28)25-14-7-2-10(19)8-13(14)18(21,22)23)29-17-27-26-16(30-17)24-12-5-3-11(20)4-6-12/h2-9H,1H3,(H,24,26)(H,25,28). The van der Waals surface area contributed by atoms with Crippen LogP contribution in [-0.4, -0.2) is 21.4 Å². The van der Waals surface area contributed by atoms with Gasteiger partial charge >= 0.3 is 6.18 Å². The maximum Gasteiger partial charge on any atom is 0.418 e. The van der Waals surface area contributed by atoms with Crippen molar-refractivity contribution in [1.29, 1.82) is 0 Å². The average Bonchev–Trinajstić information content (AvgIpc) is 3.11. The monoisotopic (exact) mass is 476 g/mol. The van der Waals surface area contributed by atoms with Gasteiger partial charge in [-0.1, -0.05) is 34.7 Å². The number of anilines is 3. The summed E-state index contributed by atoms with van der Waals surface area (Å²) in [6, 6.07) is 8.77. The Morgan fingerprint density at radius 3 is 2.53 bits per heavy atom. The van der Waals surface area contributed by atoms with Crippen LogP contribution in [0.2, 0.25) is 5.02 Å². The molecule has 3 aromatic rings. The second kappa shape index (κ2) is 9.19. The van der Waals surface area contributed by atoms with Crippen molar-refractivity contribution < 1.29 is 22.4 Å². The van der Waals surface area contributed by atoms with E-state index in [4.69, 9.17) is 11.6 Å². The fourth-order valence-corrected chi connectivity index (χ4v) is 4.35. The van der Waals surface area contributed by atoms with Crippen molar-refractivity contribution in [1.82, 2.24) is 10.2 Å². The first kappa shape index (κ1) is 22.3. The molecule has 0 fully saturated rings. The number of amides is 1. The Hall–Kier alpha value is -2.37. The molecule has 158 valence electrons. The molecule has 2 aromatic carbocycles. The molecule has 0 radical (unpaired) electrons. The molecule has 1 atom stereocenters. The largest absolute Gasteiger partial charge is 0.418 e. The number of carbonyl (C=O) groups excluding carboxylic acids is 1. The summed E-state index contributed by atoms with van der Waals surface area (Å²) >= 11 is 7.84. The van der Waals surface area contributed by atoms with Gasteiger partial charge in [0.15, 0.2) is 4.34 Å². The summed E-state index contributed by atoms with van der Waals surface area (Å²) in [5.41, 5.74) is -0.792. The number of nitrogens with one attached hydrogen (secondary N) is 2. The van der Waals surface area contributed by atoms with Crippen LogP contribution in [0.15, 0.2) is 46.8 Å². The average molecular weight is 477 g/mol. The van der Waals surface area contributed by atoms with Crippen LogP contribution in [0.4, 0.5) is 34.1 Å². The van der Waals surface area contributed by atoms with Crippen LogP contribution in [-0.2, 0) is 11.0 Å². The molecule has 1 aromatic heterocycles. The van der Waals surface area contributed by atoms with Gasteiger partial charge in [-0.05, 0) is 49.4 Å². The quantitative estimate of drug-likeness (QED) is 0.327. The number of rotatable bonds is 6. The van der Waals surface area contributed by atoms with Crippen LogP contribution >= 0.6 is 34.7 Å². The highest BCUT2D eigenvalue weighted by Crippen LogP contribution is 2.37. The molecule has 0 saturated heterocycles. The van der Waals surface area contributed by atoms with E-state index in [1.54, 1.807) is 0 Å². The van der Waals surface area contributed by atoms with Crippen molar-refractivity contribution in [3.63, 3.8) is 0 Å². The lowest BCUT2D eigenvalue weighted by Gasteiger charge is -2.16. The summed E-state index contributed by atoms with van der Waals surface area (Å²) in [7, 11) is 0. The maximum atomic E-state index is 13.2. The number of alkyl halides is 3. The molecule has 0 aliphatic carbocycles. The second-order valence-corrected chi connectivity index (χ2v) is 8.94. The van der Waals surface area contributed by atoms with Gasteiger partial charge in [-0.2, -0.15) is 13.2 Å². The van der Waals surface area contributed by atoms with Crippen molar-refractivity contribution in [3.05, 3.63) is 58.9 Å². The molecule has 0 spiro atoms. The van der Waals surface area contributed by atoms with Gasteiger partial charge in [-0.3, -0.25) is 4.79 Å². The molecule has 5 nitrogen and oxygen atoms in total. The van der Waals surface area contributed by atoms with E-state index in [1.807, 2.05) is 0 Å². The molecule has 1 amide bonds. The molecule has 0 aliphatic heterocycles. The first-order chi connectivity index (χ1) is 14.1. The molecule has 1 unspecified atom stereocenters. The van der Waals surface area contributed by atoms with Crippen molar-refractivity contribution in [2.75, 3.05) is 10.6 Å². The number of aromatic nitrogens is 2. The second-order valence-electron chi connectivity index (χ2n) is 5.94. The molecule has 1 heterocycles. The topological polar surface area (TPSA) is 66.9 Å². The number of hydrogen-bond donors (Lipinski definition) is 2. The molecule has 12 heteroatoms. The van der Waals surface area contributed by atoms with Gasteiger partial charge in [-0.15, -0.1) is 10.2 Å². The lowest BCUT2D eigenvalue weighted by Crippen LogP contribution is -2.24. The van der Waals surface area contributed by atoms with E-state index in [9.17, 15) is 22.4 Å². The third-order valence-electron chi connectivity index (χ3n) is 3.69. The summed E-state index contributed by atoms with van der Waals surface area (Å²) in [6.45, 7) is 1.54. The minimum atomic E-state index is -4.66. The van der Waals surface area contributed by atoms with Crippen LogP contribution in [0, 0.1) is 5.82 Å². The number of thioether (sulfide) groups is 1. The van der Waals surface area contributed by atoms with Crippen molar-refractivity contribution in [2.45, 2.75) is 22.7 Å². The lowest BCUT2D eigenvalue weighted by atomic mass is 10.1. The van der Waals surface area contributed by atoms with Crippen LogP contribution < -0.4 is 10.6 Å². The van der Waals surface area contributed by atoms with Gasteiger partial charge in [0, 0.05) is 10.7 Å². The number of carbonyl (C=O) groups is 1. The van der Waals surface area contributed by atoms with Crippen LogP contribution in [0.25, 0.3) is 0 Å². The molecular weight excluding hydrogens is 464 g/mol. The van der Waals surface area contributed by atoms with Crippen molar-refractivity contribution in [2.24, 2.45) is 0 Å². The predicted octanol–water partition coefficient (Wildman–Crippen LogP) is 6.21. The zero-order chi connectivity index (χ0) is 21.9. The minimum absolute atomic E-state index is 0.0854. The van der Waals surface area contributed by atoms with Crippen LogP contribution in [0.1, 0.15) is 12.5 Å². The van der Waals surface area contributed by atoms with Crippen LogP contribution in [0.3, 0.4) is 0 Å². The molecule has 0 bridgehead atoms. The maximum absolute atomic E-state index is 13.2. The fraction of sp³-hybridized carbons (Fsp3) is 0.167. The number of benzene rings is 2. The highest BCUT2D eigenvalue weighted by Gasteiger charge is 2.34. The van der Waals surface area contributed by atoms with Gasteiger partial charge in [-0.25, -0.2) is 4.39 Å². The molecule has 2 N–H and O–H groups in total. The summed E-state index contributed by atoms with van der Waals surface area (Å²) in [4.78, 5) is 12.4. The minimum Gasteiger partial charge on any atom is -0.330 e. The Labute approximate surface area is 181 Å². The Balaban J connectivity index is 1.64. The SMILES string of the molecule is CC(Sc1nnc(Nc2ccc(F)cc2)s1)C(=O)Nc1ccc(Cl)cc1C(F)(F)F. The molecular formula is C18H13ClF4N4OS2. The fourth-order valence-electron chi connectivity index (χ4n) is 2.26. The summed E-state index contributed by atoms with van der Waals surface area (Å²) in [6.07, 6.45) is -4.66. The summed E-state index contributed by atoms with van der Waals surface area (Å²) in [5, 5.41) is 12.7. The molecule has 3 rings (SSSR count). The van der Waals surface area contributed by atoms with E-state index in [0.29, 0.717) is 15.2 Å². The molecule has 0 aliphatic rings. The van der Waals surface area contributed by atoms with Crippen LogP contribution in [0.5, 0.6) is 0 Å². The van der Waals surface area contributed by atoms with Gasteiger partial charge in [0.25, 0.3) is 0 Å². The lowest BCUT2D eigenvalue weighted by molar-refractivity contribution is -0.137. The normalized spacial score (nSPS) is 12.5. The van der Waals surface area contributed by atoms with E-state index >= 15 is 0 Å². The van der Waals surface area contributed by atoms with Crippen molar-refractivity contribution >= 4 is 57.1 Å². The number of halogens is 5. The van der Waals surface area contributed by atoms with Gasteiger partial charge in [0.1, 0.15) is 5.82 Å². The van der Waals surface area contributed by atoms with E-state index in [0.717, 1.165) is 35.2 Å². The first-order valence-electron chi connectivity index (χ1n) is 8.32. The van der Waals surface area contributed by atoms with Gasteiger partial charge in [0.2, 0.25) is 11.0 Å². The smallest absolute Gasteiger partial charge is 0.330 e. The summed E-state index contributed by atoms with van der Waals surface area (Å²) in [5.74, 6) is -1.00. The first-order valence-corrected chi connectivity index (χ1v) is 10.4. The Morgan fingerprint density at radius 1 is 1.17 bits per heavy atom.